The van der Waals surface area contributed by atoms with E-state index in [9.17, 15) is 0 Å². The molecule has 6 heavy (non-hydrogen) atoms. The molecule has 0 fully saturated rings. The SMILES string of the molecule is CC([SiH3])Cl.[SiH3][SiH3]. The first kappa shape index (κ1) is 10.0. The quantitative estimate of drug-likeness (QED) is 0.271. The Labute approximate surface area is 53.7 Å². The molecule has 0 rings (SSSR count). The Balaban J connectivity index is 0. The van der Waals surface area contributed by atoms with E-state index in [1.165, 1.54) is 19.5 Å². The van der Waals surface area contributed by atoms with Crippen molar-refractivity contribution in [2.45, 2.75) is 11.9 Å². The molecule has 0 aromatic carbocycles. The van der Waals surface area contributed by atoms with E-state index in [0.29, 0.717) is 5.00 Å². The summed E-state index contributed by atoms with van der Waals surface area (Å²) in [6.45, 7) is 1.99. The molecule has 0 aliphatic rings. The summed E-state index contributed by atoms with van der Waals surface area (Å²) >= 11 is 5.34. The average molecular weight is 157 g/mol. The van der Waals surface area contributed by atoms with Gasteiger partial charge >= 0.3 is 0 Å². The van der Waals surface area contributed by atoms with Gasteiger partial charge in [-0.25, -0.2) is 0 Å². The molecule has 0 aromatic rings. The van der Waals surface area contributed by atoms with Crippen LogP contribution in [0, 0.1) is 0 Å². The summed E-state index contributed by atoms with van der Waals surface area (Å²) in [7, 11) is 4.00. The first-order valence-corrected chi connectivity index (χ1v) is 12.0. The predicted molar refractivity (Wildman–Crippen MR) is 45.1 cm³/mol. The van der Waals surface area contributed by atoms with Crippen molar-refractivity contribution in [3.8, 4) is 0 Å². The van der Waals surface area contributed by atoms with E-state index in [1.54, 1.807) is 0 Å². The molecular weight excluding hydrogens is 144 g/mol. The summed E-state index contributed by atoms with van der Waals surface area (Å²) < 4.78 is 0. The summed E-state index contributed by atoms with van der Waals surface area (Å²) in [5.41, 5.74) is 0. The van der Waals surface area contributed by atoms with Crippen molar-refractivity contribution in [2.75, 3.05) is 0 Å². The van der Waals surface area contributed by atoms with Gasteiger partial charge in [-0.2, -0.15) is 0 Å². The molecular formula is C2H13ClSi3. The molecule has 1 unspecified atom stereocenters. The van der Waals surface area contributed by atoms with E-state index in [0.717, 1.165) is 10.2 Å². The third kappa shape index (κ3) is 86.7. The van der Waals surface area contributed by atoms with E-state index in [4.69, 9.17) is 11.6 Å². The van der Waals surface area contributed by atoms with Crippen LogP contribution in [0.5, 0.6) is 0 Å². The standard InChI is InChI=1S/C2H7ClSi.H6Si2/c1-2(3)4;1-2/h2H,1,4H3;1-2H3. The van der Waals surface area contributed by atoms with E-state index < -0.39 is 0 Å². The van der Waals surface area contributed by atoms with Crippen molar-refractivity contribution >= 4 is 41.4 Å². The smallest absolute Gasteiger partial charge is 0.0251 e. The summed E-state index contributed by atoms with van der Waals surface area (Å²) in [5.74, 6) is 0. The van der Waals surface area contributed by atoms with Crippen molar-refractivity contribution in [2.24, 2.45) is 0 Å². The minimum absolute atomic E-state index is 0.444. The Morgan fingerprint density at radius 3 is 1.50 bits per heavy atom. The first-order valence-electron chi connectivity index (χ1n) is 2.37. The number of rotatable bonds is 0. The monoisotopic (exact) mass is 156 g/mol. The highest BCUT2D eigenvalue weighted by Crippen LogP contribution is 1.78. The molecule has 0 saturated carbocycles. The third-order valence-electron chi connectivity index (χ3n) is 0. The highest BCUT2D eigenvalue weighted by atomic mass is 35.5. The Kier molecular flexibility index (Phi) is 15.6. The number of alkyl halides is 1. The summed E-state index contributed by atoms with van der Waals surface area (Å²) in [6, 6.07) is 0. The minimum Gasteiger partial charge on any atom is -0.128 e. The van der Waals surface area contributed by atoms with Gasteiger partial charge in [-0.05, 0) is 19.5 Å². The lowest BCUT2D eigenvalue weighted by Gasteiger charge is -1.75. The summed E-state index contributed by atoms with van der Waals surface area (Å²) in [4.78, 5) is 0. The topological polar surface area (TPSA) is 0 Å². The van der Waals surface area contributed by atoms with Crippen LogP contribution in [0.4, 0.5) is 0 Å². The van der Waals surface area contributed by atoms with Gasteiger partial charge in [0.05, 0.1) is 0 Å². The van der Waals surface area contributed by atoms with Gasteiger partial charge in [0.15, 0.2) is 0 Å². The van der Waals surface area contributed by atoms with Gasteiger partial charge < -0.3 is 0 Å². The van der Waals surface area contributed by atoms with Crippen LogP contribution in [0.1, 0.15) is 6.92 Å². The zero-order valence-electron chi connectivity index (χ0n) is 4.96. The fraction of sp³-hybridized carbons (Fsp3) is 1.00. The highest BCUT2D eigenvalue weighted by Gasteiger charge is 1.72. The van der Waals surface area contributed by atoms with Gasteiger partial charge in [0, 0.05) is 15.2 Å². The maximum Gasteiger partial charge on any atom is 0.0251 e. The van der Waals surface area contributed by atoms with Gasteiger partial charge in [0.2, 0.25) is 0 Å². The van der Waals surface area contributed by atoms with Crippen molar-refractivity contribution in [3.63, 3.8) is 0 Å². The Bertz CT molecular complexity index is 13.5. The lowest BCUT2D eigenvalue weighted by molar-refractivity contribution is 1.38. The number of halogens is 1. The number of hydrogen-bond acceptors (Lipinski definition) is 0. The largest absolute Gasteiger partial charge is 0.128 e. The number of hydrogen-bond donors (Lipinski definition) is 0. The van der Waals surface area contributed by atoms with Gasteiger partial charge in [-0.15, -0.1) is 11.6 Å². The lowest BCUT2D eigenvalue weighted by Crippen LogP contribution is -1.81. The molecule has 0 nitrogen and oxygen atoms in total. The predicted octanol–water partition coefficient (Wildman–Crippen LogP) is -2.43. The second-order valence-electron chi connectivity index (χ2n) is 1.01. The van der Waals surface area contributed by atoms with Crippen LogP contribution in [0.15, 0.2) is 0 Å². The van der Waals surface area contributed by atoms with Crippen LogP contribution in [-0.4, -0.2) is 34.8 Å². The zero-order valence-corrected chi connectivity index (χ0v) is 11.7. The molecule has 4 heteroatoms. The fourth-order valence-electron chi connectivity index (χ4n) is 0. The van der Waals surface area contributed by atoms with E-state index >= 15 is 0 Å². The molecule has 0 N–H and O–H groups in total. The molecule has 1 atom stereocenters. The Morgan fingerprint density at radius 2 is 1.50 bits per heavy atom. The highest BCUT2D eigenvalue weighted by molar-refractivity contribution is 6.75. The van der Waals surface area contributed by atoms with Gasteiger partial charge in [-0.1, -0.05) is 6.92 Å². The minimum atomic E-state index is 0.444. The van der Waals surface area contributed by atoms with Crippen LogP contribution in [-0.2, 0) is 0 Å². The van der Waals surface area contributed by atoms with Crippen LogP contribution >= 0.6 is 11.6 Å². The van der Waals surface area contributed by atoms with Crippen molar-refractivity contribution in [3.05, 3.63) is 0 Å². The van der Waals surface area contributed by atoms with E-state index in [-0.39, 0.29) is 0 Å². The van der Waals surface area contributed by atoms with Gasteiger partial charge in [0.25, 0.3) is 0 Å². The van der Waals surface area contributed by atoms with Crippen molar-refractivity contribution in [1.82, 2.24) is 0 Å². The molecule has 0 aliphatic heterocycles. The normalized spacial score (nSPS) is 13.0. The zero-order chi connectivity index (χ0) is 5.58. The van der Waals surface area contributed by atoms with Crippen molar-refractivity contribution < 1.29 is 0 Å². The van der Waals surface area contributed by atoms with Crippen LogP contribution < -0.4 is 0 Å². The summed E-state index contributed by atoms with van der Waals surface area (Å²) in [6.07, 6.45) is 0. The third-order valence-corrected chi connectivity index (χ3v) is 0. The maximum atomic E-state index is 5.34. The summed E-state index contributed by atoms with van der Waals surface area (Å²) in [5, 5.41) is 0.444. The molecule has 0 aliphatic carbocycles. The second kappa shape index (κ2) is 9.34. The van der Waals surface area contributed by atoms with Gasteiger partial charge in [0.1, 0.15) is 0 Å². The molecule has 0 bridgehead atoms. The van der Waals surface area contributed by atoms with E-state index in [1.807, 2.05) is 6.92 Å². The lowest BCUT2D eigenvalue weighted by atomic mass is 11.0. The molecule has 0 heterocycles. The molecule has 40 valence electrons. The average Bonchev–Trinajstić information content (AvgIpc) is 1.41. The first-order chi connectivity index (χ1) is 2.73. The fourth-order valence-corrected chi connectivity index (χ4v) is 0. The Morgan fingerprint density at radius 1 is 1.50 bits per heavy atom. The molecule has 0 aromatic heterocycles. The van der Waals surface area contributed by atoms with Crippen LogP contribution in [0.25, 0.3) is 0 Å². The molecule has 0 spiro atoms. The molecule has 0 saturated heterocycles. The molecule has 0 amide bonds. The van der Waals surface area contributed by atoms with E-state index in [2.05, 4.69) is 0 Å². The maximum absolute atomic E-state index is 5.34. The molecule has 0 radical (unpaired) electrons. The van der Waals surface area contributed by atoms with Gasteiger partial charge in [-0.3, -0.25) is 0 Å². The second-order valence-corrected chi connectivity index (χ2v) is 4.35. The Hall–Kier alpha value is 0.941. The van der Waals surface area contributed by atoms with Crippen molar-refractivity contribution in [1.29, 1.82) is 0 Å². The van der Waals surface area contributed by atoms with Crippen LogP contribution in [0.2, 0.25) is 0 Å². The van der Waals surface area contributed by atoms with Crippen LogP contribution in [0.3, 0.4) is 0 Å².